The van der Waals surface area contributed by atoms with Gasteiger partial charge in [-0.05, 0) is 31.5 Å². The summed E-state index contributed by atoms with van der Waals surface area (Å²) < 4.78 is 16.3. The minimum Gasteiger partial charge on any atom is -0.462 e. The molecule has 0 saturated carbocycles. The van der Waals surface area contributed by atoms with Crippen molar-refractivity contribution in [3.8, 4) is 0 Å². The molecule has 0 bridgehead atoms. The molecule has 0 aliphatic carbocycles. The van der Waals surface area contributed by atoms with Crippen LogP contribution in [-0.2, 0) is 20.9 Å². The van der Waals surface area contributed by atoms with E-state index in [0.29, 0.717) is 5.76 Å². The number of nitrogen functional groups attached to an aromatic ring is 1. The molecule has 34 heavy (non-hydrogen) atoms. The quantitative estimate of drug-likeness (QED) is 0.280. The van der Waals surface area contributed by atoms with E-state index in [1.54, 1.807) is 13.8 Å². The number of ether oxygens (including phenoxy) is 2. The first-order chi connectivity index (χ1) is 16.5. The standard InChI is InChI=1S/C25H23N3O5S/c1-3-31-24(29)19-15(2)33-23-20(19)22(26)27-18(28-23)14-32-25(30)21(16-10-6-4-7-11-16)34-17-12-8-5-9-13-17/h4-13,21H,3,14H2,1-2H3,(H2,26,27,28). The van der Waals surface area contributed by atoms with Crippen molar-refractivity contribution in [2.75, 3.05) is 12.3 Å². The predicted octanol–water partition coefficient (Wildman–Crippen LogP) is 4.87. The van der Waals surface area contributed by atoms with E-state index in [9.17, 15) is 9.59 Å². The van der Waals surface area contributed by atoms with E-state index in [4.69, 9.17) is 19.6 Å². The molecule has 174 valence electrons. The van der Waals surface area contributed by atoms with Gasteiger partial charge < -0.3 is 19.6 Å². The fourth-order valence-electron chi connectivity index (χ4n) is 3.42. The maximum atomic E-state index is 13.1. The maximum Gasteiger partial charge on any atom is 0.342 e. The zero-order valence-corrected chi connectivity index (χ0v) is 19.5. The Bertz CT molecular complexity index is 1310. The number of esters is 2. The third-order valence-electron chi connectivity index (χ3n) is 4.94. The highest BCUT2D eigenvalue weighted by atomic mass is 32.2. The molecule has 2 N–H and O–H groups in total. The highest BCUT2D eigenvalue weighted by Crippen LogP contribution is 2.36. The Morgan fingerprint density at radius 3 is 2.38 bits per heavy atom. The fraction of sp³-hybridized carbons (Fsp3) is 0.200. The molecule has 0 aliphatic heterocycles. The number of benzene rings is 2. The zero-order valence-electron chi connectivity index (χ0n) is 18.7. The molecule has 1 atom stereocenters. The summed E-state index contributed by atoms with van der Waals surface area (Å²) in [6.45, 7) is 3.34. The van der Waals surface area contributed by atoms with Gasteiger partial charge in [-0.2, -0.15) is 4.98 Å². The summed E-state index contributed by atoms with van der Waals surface area (Å²) in [5.74, 6) is -0.456. The number of aromatic nitrogens is 2. The van der Waals surface area contributed by atoms with Gasteiger partial charge in [0.15, 0.2) is 12.4 Å². The summed E-state index contributed by atoms with van der Waals surface area (Å²) in [7, 11) is 0. The Hall–Kier alpha value is -3.85. The second kappa shape index (κ2) is 10.4. The van der Waals surface area contributed by atoms with Crippen molar-refractivity contribution >= 4 is 40.6 Å². The Balaban J connectivity index is 1.55. The lowest BCUT2D eigenvalue weighted by atomic mass is 10.1. The fourth-order valence-corrected chi connectivity index (χ4v) is 4.47. The van der Waals surface area contributed by atoms with E-state index in [2.05, 4.69) is 9.97 Å². The van der Waals surface area contributed by atoms with Crippen molar-refractivity contribution in [1.82, 2.24) is 9.97 Å². The third kappa shape index (κ3) is 5.04. The van der Waals surface area contributed by atoms with Crippen LogP contribution in [0.25, 0.3) is 11.1 Å². The lowest BCUT2D eigenvalue weighted by molar-refractivity contribution is -0.144. The first kappa shape index (κ1) is 23.3. The average Bonchev–Trinajstić information content (AvgIpc) is 3.18. The number of aryl methyl sites for hydroxylation is 1. The van der Waals surface area contributed by atoms with Crippen LogP contribution in [0.3, 0.4) is 0 Å². The van der Waals surface area contributed by atoms with E-state index in [0.717, 1.165) is 10.5 Å². The molecule has 0 aliphatic rings. The SMILES string of the molecule is CCOC(=O)c1c(C)oc2nc(COC(=O)C(Sc3ccccc3)c3ccccc3)nc(N)c12. The third-order valence-corrected chi connectivity index (χ3v) is 6.18. The number of anilines is 1. The minimum atomic E-state index is -0.578. The molecule has 9 heteroatoms. The summed E-state index contributed by atoms with van der Waals surface area (Å²) in [6, 6.07) is 19.0. The van der Waals surface area contributed by atoms with Crippen LogP contribution in [0.2, 0.25) is 0 Å². The van der Waals surface area contributed by atoms with Crippen molar-refractivity contribution in [3.63, 3.8) is 0 Å². The second-order valence-corrected chi connectivity index (χ2v) is 8.47. The molecule has 0 saturated heterocycles. The Morgan fingerprint density at radius 2 is 1.71 bits per heavy atom. The number of nitrogens with two attached hydrogens (primary N) is 1. The first-order valence-corrected chi connectivity index (χ1v) is 11.5. The predicted molar refractivity (Wildman–Crippen MR) is 128 cm³/mol. The largest absolute Gasteiger partial charge is 0.462 e. The van der Waals surface area contributed by atoms with Crippen LogP contribution in [0.15, 0.2) is 70.0 Å². The highest BCUT2D eigenvalue weighted by Gasteiger charge is 2.26. The number of fused-ring (bicyclic) bond motifs is 1. The van der Waals surface area contributed by atoms with E-state index in [1.807, 2.05) is 60.7 Å². The number of thioether (sulfide) groups is 1. The maximum absolute atomic E-state index is 13.1. The molecular formula is C25H23N3O5S. The molecule has 8 nitrogen and oxygen atoms in total. The van der Waals surface area contributed by atoms with Gasteiger partial charge in [0.05, 0.1) is 12.0 Å². The molecule has 0 fully saturated rings. The van der Waals surface area contributed by atoms with Crippen LogP contribution >= 0.6 is 11.8 Å². The number of hydrogen-bond acceptors (Lipinski definition) is 9. The smallest absolute Gasteiger partial charge is 0.342 e. The first-order valence-electron chi connectivity index (χ1n) is 10.6. The number of carbonyl (C=O) groups is 2. The van der Waals surface area contributed by atoms with Crippen molar-refractivity contribution in [3.05, 3.63) is 83.4 Å². The molecule has 0 amide bonds. The molecule has 0 radical (unpaired) electrons. The Labute approximate surface area is 200 Å². The van der Waals surface area contributed by atoms with Gasteiger partial charge in [0, 0.05) is 4.90 Å². The highest BCUT2D eigenvalue weighted by molar-refractivity contribution is 8.00. The topological polar surface area (TPSA) is 118 Å². The number of hydrogen-bond donors (Lipinski definition) is 1. The zero-order chi connectivity index (χ0) is 24.1. The second-order valence-electron chi connectivity index (χ2n) is 7.29. The number of nitrogens with zero attached hydrogens (tertiary/aromatic N) is 2. The molecule has 2 aromatic heterocycles. The van der Waals surface area contributed by atoms with Gasteiger partial charge in [0.1, 0.15) is 22.4 Å². The van der Waals surface area contributed by atoms with Crippen molar-refractivity contribution in [1.29, 1.82) is 0 Å². The van der Waals surface area contributed by atoms with Crippen LogP contribution in [0.5, 0.6) is 0 Å². The summed E-state index contributed by atoms with van der Waals surface area (Å²) >= 11 is 1.39. The summed E-state index contributed by atoms with van der Waals surface area (Å²) in [5.41, 5.74) is 7.25. The molecule has 1 unspecified atom stereocenters. The van der Waals surface area contributed by atoms with Crippen LogP contribution in [0, 0.1) is 6.92 Å². The minimum absolute atomic E-state index is 0.0502. The van der Waals surface area contributed by atoms with E-state index < -0.39 is 17.2 Å². The Kier molecular flexibility index (Phi) is 7.12. The van der Waals surface area contributed by atoms with E-state index in [-0.39, 0.29) is 41.5 Å². The summed E-state index contributed by atoms with van der Waals surface area (Å²) in [4.78, 5) is 34.8. The summed E-state index contributed by atoms with van der Waals surface area (Å²) in [5, 5.41) is -0.293. The molecule has 4 aromatic rings. The van der Waals surface area contributed by atoms with Crippen molar-refractivity contribution in [2.45, 2.75) is 30.6 Å². The molecule has 2 aromatic carbocycles. The van der Waals surface area contributed by atoms with Gasteiger partial charge in [-0.3, -0.25) is 4.79 Å². The number of furan rings is 1. The normalized spacial score (nSPS) is 11.8. The van der Waals surface area contributed by atoms with Crippen LogP contribution < -0.4 is 5.73 Å². The van der Waals surface area contributed by atoms with E-state index >= 15 is 0 Å². The average molecular weight is 478 g/mol. The van der Waals surface area contributed by atoms with Gasteiger partial charge in [-0.25, -0.2) is 9.78 Å². The number of rotatable bonds is 8. The van der Waals surface area contributed by atoms with Crippen LogP contribution in [0.1, 0.15) is 39.7 Å². The van der Waals surface area contributed by atoms with Gasteiger partial charge in [-0.15, -0.1) is 11.8 Å². The van der Waals surface area contributed by atoms with Crippen LogP contribution in [-0.4, -0.2) is 28.5 Å². The van der Waals surface area contributed by atoms with Crippen LogP contribution in [0.4, 0.5) is 5.82 Å². The van der Waals surface area contributed by atoms with Crippen molar-refractivity contribution < 1.29 is 23.5 Å². The van der Waals surface area contributed by atoms with Gasteiger partial charge in [0.25, 0.3) is 0 Å². The monoisotopic (exact) mass is 477 g/mol. The molecule has 4 rings (SSSR count). The molecular weight excluding hydrogens is 454 g/mol. The molecule has 0 spiro atoms. The van der Waals surface area contributed by atoms with Gasteiger partial charge in [0.2, 0.25) is 5.71 Å². The van der Waals surface area contributed by atoms with Gasteiger partial charge in [-0.1, -0.05) is 48.5 Å². The lowest BCUT2D eigenvalue weighted by Gasteiger charge is -2.16. The summed E-state index contributed by atoms with van der Waals surface area (Å²) in [6.07, 6.45) is 0. The Morgan fingerprint density at radius 1 is 1.03 bits per heavy atom. The lowest BCUT2D eigenvalue weighted by Crippen LogP contribution is -2.15. The van der Waals surface area contributed by atoms with Gasteiger partial charge >= 0.3 is 11.9 Å². The number of carbonyl (C=O) groups excluding carboxylic acids is 2. The van der Waals surface area contributed by atoms with E-state index in [1.165, 1.54) is 11.8 Å². The van der Waals surface area contributed by atoms with Crippen molar-refractivity contribution in [2.24, 2.45) is 0 Å². The molecule has 2 heterocycles.